The number of nitrogens with two attached hydrogens (primary N) is 2. The Morgan fingerprint density at radius 3 is 2.27 bits per heavy atom. The highest BCUT2D eigenvalue weighted by Crippen LogP contribution is 2.51. The average molecular weight is 567 g/mol. The van der Waals surface area contributed by atoms with Crippen molar-refractivity contribution < 1.29 is 9.59 Å². The van der Waals surface area contributed by atoms with Gasteiger partial charge in [-0.1, -0.05) is 43.6 Å². The number of aryl methyl sites for hydroxylation is 1. The van der Waals surface area contributed by atoms with Crippen molar-refractivity contribution in [2.24, 2.45) is 16.9 Å². The van der Waals surface area contributed by atoms with E-state index < -0.39 is 11.8 Å². The maximum Gasteiger partial charge on any atom is 0.249 e. The second-order valence-electron chi connectivity index (χ2n) is 11.4. The van der Waals surface area contributed by atoms with Gasteiger partial charge in [-0.15, -0.1) is 0 Å². The predicted molar refractivity (Wildman–Crippen MR) is 160 cm³/mol. The molecule has 0 saturated heterocycles. The van der Waals surface area contributed by atoms with Crippen molar-refractivity contribution in [3.05, 3.63) is 118 Å². The second-order valence-corrected chi connectivity index (χ2v) is 11.8. The lowest BCUT2D eigenvalue weighted by atomic mass is 9.68. The van der Waals surface area contributed by atoms with Crippen LogP contribution in [0.5, 0.6) is 0 Å². The van der Waals surface area contributed by atoms with E-state index >= 15 is 0 Å². The van der Waals surface area contributed by atoms with Crippen LogP contribution >= 0.6 is 11.6 Å². The number of rotatable bonds is 5. The van der Waals surface area contributed by atoms with Gasteiger partial charge in [0.2, 0.25) is 5.91 Å². The number of halogens is 1. The zero-order valence-electron chi connectivity index (χ0n) is 23.1. The molecule has 41 heavy (non-hydrogen) atoms. The molecule has 2 aliphatic rings. The number of nitrogens with zero attached hydrogens (tertiary/aromatic N) is 4. The summed E-state index contributed by atoms with van der Waals surface area (Å²) in [4.78, 5) is 29.3. The topological polar surface area (TPSA) is 112 Å². The molecule has 9 heteroatoms. The number of allylic oxidation sites excluding steroid dienone is 2. The molecule has 0 spiro atoms. The molecule has 3 heterocycles. The first-order chi connectivity index (χ1) is 19.6. The first-order valence-corrected chi connectivity index (χ1v) is 13.8. The molecule has 208 valence electrons. The van der Waals surface area contributed by atoms with Gasteiger partial charge in [-0.3, -0.25) is 14.5 Å². The van der Waals surface area contributed by atoms with Crippen molar-refractivity contribution in [2.45, 2.75) is 39.5 Å². The van der Waals surface area contributed by atoms with Gasteiger partial charge in [-0.25, -0.2) is 4.68 Å². The third kappa shape index (κ3) is 4.44. The van der Waals surface area contributed by atoms with E-state index in [1.54, 1.807) is 17.0 Å². The molecule has 1 aliphatic carbocycles. The van der Waals surface area contributed by atoms with Crippen LogP contribution in [-0.4, -0.2) is 26.0 Å². The van der Waals surface area contributed by atoms with Crippen molar-refractivity contribution >= 4 is 29.0 Å². The molecule has 2 aromatic heterocycles. The number of para-hydroxylation sites is 1. The fourth-order valence-electron chi connectivity index (χ4n) is 6.17. The van der Waals surface area contributed by atoms with Gasteiger partial charge in [0, 0.05) is 46.4 Å². The number of Topliss-reactive ketones (excluding diaryl/α,β-unsaturated/α-hetero) is 1. The Labute approximate surface area is 243 Å². The molecule has 1 atom stereocenters. The molecule has 0 radical (unpaired) electrons. The molecule has 4 N–H and O–H groups in total. The van der Waals surface area contributed by atoms with E-state index in [2.05, 4.69) is 13.8 Å². The Morgan fingerprint density at radius 2 is 1.63 bits per heavy atom. The lowest BCUT2D eigenvalue weighted by Crippen LogP contribution is -2.44. The lowest BCUT2D eigenvalue weighted by molar-refractivity contribution is -0.118. The first-order valence-electron chi connectivity index (χ1n) is 13.5. The van der Waals surface area contributed by atoms with Gasteiger partial charge < -0.3 is 16.0 Å². The van der Waals surface area contributed by atoms with Crippen LogP contribution in [0.1, 0.15) is 43.9 Å². The summed E-state index contributed by atoms with van der Waals surface area (Å²) in [5.74, 6) is -0.638. The molecule has 6 rings (SSSR count). The number of aromatic nitrogens is 3. The van der Waals surface area contributed by atoms with Gasteiger partial charge in [-0.05, 0) is 67.3 Å². The summed E-state index contributed by atoms with van der Waals surface area (Å²) in [5.41, 5.74) is 17.0. The van der Waals surface area contributed by atoms with Crippen molar-refractivity contribution in [1.82, 2.24) is 14.3 Å². The Morgan fingerprint density at radius 1 is 0.976 bits per heavy atom. The van der Waals surface area contributed by atoms with Gasteiger partial charge in [0.1, 0.15) is 11.6 Å². The van der Waals surface area contributed by atoms with Crippen molar-refractivity contribution in [2.75, 3.05) is 4.90 Å². The SMILES string of the molecule is Cc1nn(-c2ccccc2)c(-n2cccc2)c1C1C(C(N)=O)=C(N)N(c2ccc(Cl)cc2)C2=C1C(=O)CC(C)(C)C2. The second kappa shape index (κ2) is 9.82. The number of amides is 1. The Hall–Kier alpha value is -4.56. The molecule has 1 unspecified atom stereocenters. The van der Waals surface area contributed by atoms with Crippen molar-refractivity contribution in [3.8, 4) is 11.5 Å². The summed E-state index contributed by atoms with van der Waals surface area (Å²) < 4.78 is 3.78. The highest BCUT2D eigenvalue weighted by atomic mass is 35.5. The number of carbonyl (C=O) groups excluding carboxylic acids is 2. The summed E-state index contributed by atoms with van der Waals surface area (Å²) in [6, 6.07) is 20.8. The smallest absolute Gasteiger partial charge is 0.249 e. The minimum atomic E-state index is -0.801. The maximum atomic E-state index is 14.2. The fourth-order valence-corrected chi connectivity index (χ4v) is 6.29. The van der Waals surface area contributed by atoms with E-state index in [0.717, 1.165) is 11.4 Å². The van der Waals surface area contributed by atoms with Crippen LogP contribution in [0, 0.1) is 12.3 Å². The summed E-state index contributed by atoms with van der Waals surface area (Å²) in [7, 11) is 0. The molecule has 1 amide bonds. The van der Waals surface area contributed by atoms with Gasteiger partial charge >= 0.3 is 0 Å². The van der Waals surface area contributed by atoms with Crippen LogP contribution in [0.4, 0.5) is 5.69 Å². The third-order valence-electron chi connectivity index (χ3n) is 7.83. The summed E-state index contributed by atoms with van der Waals surface area (Å²) in [6.45, 7) is 6.02. The van der Waals surface area contributed by atoms with Crippen LogP contribution in [0.25, 0.3) is 11.5 Å². The fraction of sp³-hybridized carbons (Fsp3) is 0.219. The van der Waals surface area contributed by atoms with Crippen LogP contribution in [0.2, 0.25) is 5.02 Å². The molecule has 0 bridgehead atoms. The minimum absolute atomic E-state index is 0.0446. The largest absolute Gasteiger partial charge is 0.384 e. The number of benzene rings is 2. The molecular formula is C32H31ClN6O2. The zero-order valence-corrected chi connectivity index (χ0v) is 23.9. The van der Waals surface area contributed by atoms with Crippen LogP contribution < -0.4 is 16.4 Å². The van der Waals surface area contributed by atoms with E-state index in [0.29, 0.717) is 46.2 Å². The van der Waals surface area contributed by atoms with E-state index in [9.17, 15) is 9.59 Å². The van der Waals surface area contributed by atoms with E-state index in [1.165, 1.54) is 0 Å². The molecule has 0 saturated carbocycles. The third-order valence-corrected chi connectivity index (χ3v) is 8.08. The molecule has 8 nitrogen and oxygen atoms in total. The zero-order chi connectivity index (χ0) is 29.1. The van der Waals surface area contributed by atoms with Gasteiger partial charge in [0.25, 0.3) is 0 Å². The van der Waals surface area contributed by atoms with Gasteiger partial charge in [0.15, 0.2) is 5.78 Å². The quantitative estimate of drug-likeness (QED) is 0.330. The monoisotopic (exact) mass is 566 g/mol. The summed E-state index contributed by atoms with van der Waals surface area (Å²) >= 11 is 6.20. The molecule has 4 aromatic rings. The number of ketones is 1. The van der Waals surface area contributed by atoms with Crippen molar-refractivity contribution in [1.29, 1.82) is 0 Å². The summed E-state index contributed by atoms with van der Waals surface area (Å²) in [6.07, 6.45) is 4.73. The predicted octanol–water partition coefficient (Wildman–Crippen LogP) is 5.53. The van der Waals surface area contributed by atoms with E-state index in [-0.39, 0.29) is 22.6 Å². The van der Waals surface area contributed by atoms with Crippen LogP contribution in [0.15, 0.2) is 102 Å². The van der Waals surface area contributed by atoms with Gasteiger partial charge in [0.05, 0.1) is 22.9 Å². The number of hydrogen-bond donors (Lipinski definition) is 2. The molecule has 2 aromatic carbocycles. The highest BCUT2D eigenvalue weighted by Gasteiger charge is 2.47. The number of anilines is 1. The van der Waals surface area contributed by atoms with E-state index in [4.69, 9.17) is 28.2 Å². The lowest BCUT2D eigenvalue weighted by Gasteiger charge is -2.44. The normalized spacial score (nSPS) is 18.6. The highest BCUT2D eigenvalue weighted by molar-refractivity contribution is 6.30. The molecule has 0 fully saturated rings. The van der Waals surface area contributed by atoms with Crippen LogP contribution in [-0.2, 0) is 9.59 Å². The number of carbonyl (C=O) groups is 2. The van der Waals surface area contributed by atoms with Crippen molar-refractivity contribution in [3.63, 3.8) is 0 Å². The molecular weight excluding hydrogens is 536 g/mol. The Bertz CT molecular complexity index is 1730. The summed E-state index contributed by atoms with van der Waals surface area (Å²) in [5, 5.41) is 5.49. The standard InChI is InChI=1S/C32H31ClN6O2/c1-19-25(31(37-15-7-8-16-37)39(36-19)22-9-5-4-6-10-22)27-26-23(17-32(2,3)18-24(26)40)38(29(34)28(27)30(35)41)21-13-11-20(33)12-14-21/h4-16,27H,17-18,34H2,1-3H3,(H2,35,41). The Kier molecular flexibility index (Phi) is 6.38. The minimum Gasteiger partial charge on any atom is -0.384 e. The number of primary amides is 1. The van der Waals surface area contributed by atoms with Gasteiger partial charge in [-0.2, -0.15) is 5.10 Å². The van der Waals surface area contributed by atoms with Crippen LogP contribution in [0.3, 0.4) is 0 Å². The molecule has 1 aliphatic heterocycles. The Balaban J connectivity index is 1.69. The van der Waals surface area contributed by atoms with E-state index in [1.807, 2.05) is 83.2 Å². The first kappa shape index (κ1) is 26.7. The maximum absolute atomic E-state index is 14.2. The number of hydrogen-bond acceptors (Lipinski definition) is 5. The average Bonchev–Trinajstić information content (AvgIpc) is 3.56.